The Morgan fingerprint density at radius 3 is 2.61 bits per heavy atom. The van der Waals surface area contributed by atoms with E-state index in [-0.39, 0.29) is 11.7 Å². The molecule has 1 atom stereocenters. The second kappa shape index (κ2) is 5.51. The minimum Gasteiger partial charge on any atom is -0.366 e. The topological polar surface area (TPSA) is 57.5 Å². The molecule has 1 aromatic carbocycles. The summed E-state index contributed by atoms with van der Waals surface area (Å²) in [6, 6.07) is 7.37. The summed E-state index contributed by atoms with van der Waals surface area (Å²) >= 11 is 0. The highest BCUT2D eigenvalue weighted by Crippen LogP contribution is 2.27. The van der Waals surface area contributed by atoms with Crippen molar-refractivity contribution in [3.8, 4) is 0 Å². The number of benzene rings is 1. The van der Waals surface area contributed by atoms with Gasteiger partial charge in [0.25, 0.3) is 0 Å². The lowest BCUT2D eigenvalue weighted by Crippen LogP contribution is -2.26. The molecule has 100 valence electrons. The summed E-state index contributed by atoms with van der Waals surface area (Å²) < 4.78 is 12.4. The highest BCUT2D eigenvalue weighted by Gasteiger charge is 2.23. The Bertz CT molecular complexity index is 431. The van der Waals surface area contributed by atoms with E-state index in [0.29, 0.717) is 0 Å². The predicted octanol–water partition coefficient (Wildman–Crippen LogP) is 1.98. The van der Waals surface area contributed by atoms with Gasteiger partial charge in [0.05, 0.1) is 10.8 Å². The van der Waals surface area contributed by atoms with Crippen molar-refractivity contribution in [2.45, 2.75) is 55.0 Å². The van der Waals surface area contributed by atoms with E-state index in [4.69, 9.17) is 0 Å². The van der Waals surface area contributed by atoms with Crippen LogP contribution in [0.3, 0.4) is 0 Å². The molecule has 1 aliphatic rings. The van der Waals surface area contributed by atoms with E-state index in [1.54, 1.807) is 0 Å². The van der Waals surface area contributed by atoms with Gasteiger partial charge >= 0.3 is 0 Å². The third-order valence-electron chi connectivity index (χ3n) is 3.27. The Hall–Kier alpha value is -0.710. The number of rotatable bonds is 4. The van der Waals surface area contributed by atoms with Crippen LogP contribution in [0.25, 0.3) is 0 Å². The van der Waals surface area contributed by atoms with Crippen LogP contribution in [0.2, 0.25) is 0 Å². The maximum Gasteiger partial charge on any atom is 0.163 e. The predicted molar refractivity (Wildman–Crippen MR) is 71.7 cm³/mol. The number of aliphatic hydroxyl groups is 2. The van der Waals surface area contributed by atoms with E-state index in [0.717, 1.165) is 23.3 Å². The molecule has 0 aliphatic heterocycles. The van der Waals surface area contributed by atoms with E-state index in [1.807, 2.05) is 24.3 Å². The largest absolute Gasteiger partial charge is 0.366 e. The van der Waals surface area contributed by atoms with Crippen LogP contribution in [0.4, 0.5) is 0 Å². The van der Waals surface area contributed by atoms with Crippen LogP contribution in [0.1, 0.15) is 38.2 Å². The van der Waals surface area contributed by atoms with Gasteiger partial charge in [0.2, 0.25) is 0 Å². The molecule has 2 rings (SSSR count). The minimum atomic E-state index is -1.71. The quantitative estimate of drug-likeness (QED) is 0.821. The standard InChI is InChI=1S/C14H20O3S/c1-14(15,16)10-11-5-4-8-13(9-11)18(17)12-6-2-3-7-12/h4-5,8-9,12,15-16H,2-3,6-7,10H2,1H3. The first-order valence-corrected chi connectivity index (χ1v) is 7.61. The van der Waals surface area contributed by atoms with Gasteiger partial charge in [-0.05, 0) is 37.5 Å². The van der Waals surface area contributed by atoms with Crippen LogP contribution in [0.5, 0.6) is 0 Å². The highest BCUT2D eigenvalue weighted by molar-refractivity contribution is 7.85. The van der Waals surface area contributed by atoms with Gasteiger partial charge in [-0.15, -0.1) is 0 Å². The maximum atomic E-state index is 12.4. The first kappa shape index (κ1) is 13.7. The monoisotopic (exact) mass is 268 g/mol. The molecule has 0 bridgehead atoms. The molecule has 1 unspecified atom stereocenters. The summed E-state index contributed by atoms with van der Waals surface area (Å²) in [5.74, 6) is -1.71. The van der Waals surface area contributed by atoms with Crippen molar-refractivity contribution in [3.63, 3.8) is 0 Å². The van der Waals surface area contributed by atoms with Crippen molar-refractivity contribution in [2.24, 2.45) is 0 Å². The molecule has 0 amide bonds. The summed E-state index contributed by atoms with van der Waals surface area (Å²) in [7, 11) is -0.961. The van der Waals surface area contributed by atoms with Gasteiger partial charge in [-0.2, -0.15) is 0 Å². The molecule has 0 saturated heterocycles. The van der Waals surface area contributed by atoms with Crippen LogP contribution in [-0.4, -0.2) is 25.5 Å². The molecule has 1 aliphatic carbocycles. The van der Waals surface area contributed by atoms with E-state index < -0.39 is 16.6 Å². The van der Waals surface area contributed by atoms with Gasteiger partial charge in [0.15, 0.2) is 5.79 Å². The fourth-order valence-electron chi connectivity index (χ4n) is 2.46. The summed E-state index contributed by atoms with van der Waals surface area (Å²) in [6.45, 7) is 1.35. The lowest BCUT2D eigenvalue weighted by Gasteiger charge is -2.16. The van der Waals surface area contributed by atoms with Gasteiger partial charge in [-0.1, -0.05) is 25.0 Å². The van der Waals surface area contributed by atoms with Crippen molar-refractivity contribution in [1.29, 1.82) is 0 Å². The normalized spacial score (nSPS) is 19.1. The van der Waals surface area contributed by atoms with Crippen LogP contribution >= 0.6 is 0 Å². The Balaban J connectivity index is 2.13. The first-order valence-electron chi connectivity index (χ1n) is 6.40. The van der Waals surface area contributed by atoms with Crippen molar-refractivity contribution >= 4 is 10.8 Å². The van der Waals surface area contributed by atoms with Crippen LogP contribution < -0.4 is 0 Å². The fraction of sp³-hybridized carbons (Fsp3) is 0.571. The molecule has 18 heavy (non-hydrogen) atoms. The smallest absolute Gasteiger partial charge is 0.163 e. The second-order valence-electron chi connectivity index (χ2n) is 5.25. The van der Waals surface area contributed by atoms with Gasteiger partial charge in [0, 0.05) is 16.6 Å². The van der Waals surface area contributed by atoms with Crippen molar-refractivity contribution in [1.82, 2.24) is 0 Å². The van der Waals surface area contributed by atoms with Crippen LogP contribution in [0.15, 0.2) is 29.2 Å². The molecule has 0 aromatic heterocycles. The Morgan fingerprint density at radius 2 is 2.00 bits per heavy atom. The van der Waals surface area contributed by atoms with Gasteiger partial charge < -0.3 is 10.2 Å². The lowest BCUT2D eigenvalue weighted by atomic mass is 10.1. The molecule has 1 aromatic rings. The Morgan fingerprint density at radius 1 is 1.33 bits per heavy atom. The van der Waals surface area contributed by atoms with E-state index in [2.05, 4.69) is 0 Å². The van der Waals surface area contributed by atoms with E-state index in [9.17, 15) is 14.4 Å². The third kappa shape index (κ3) is 3.64. The zero-order valence-electron chi connectivity index (χ0n) is 10.6. The van der Waals surface area contributed by atoms with E-state index >= 15 is 0 Å². The molecule has 4 heteroatoms. The lowest BCUT2D eigenvalue weighted by molar-refractivity contribution is -0.142. The molecule has 1 fully saturated rings. The van der Waals surface area contributed by atoms with Crippen molar-refractivity contribution < 1.29 is 14.4 Å². The SMILES string of the molecule is CC(O)(O)Cc1cccc(S(=O)C2CCCC2)c1. The Kier molecular flexibility index (Phi) is 4.20. The van der Waals surface area contributed by atoms with Crippen LogP contribution in [-0.2, 0) is 17.2 Å². The van der Waals surface area contributed by atoms with Crippen molar-refractivity contribution in [3.05, 3.63) is 29.8 Å². The molecule has 3 nitrogen and oxygen atoms in total. The zero-order chi connectivity index (χ0) is 13.2. The molecular formula is C14H20O3S. The molecule has 2 N–H and O–H groups in total. The zero-order valence-corrected chi connectivity index (χ0v) is 11.4. The minimum absolute atomic E-state index is 0.155. The molecule has 0 heterocycles. The fourth-order valence-corrected chi connectivity index (χ4v) is 4.09. The summed E-state index contributed by atoms with van der Waals surface area (Å²) in [6.07, 6.45) is 4.56. The number of hydrogen-bond acceptors (Lipinski definition) is 3. The van der Waals surface area contributed by atoms with Gasteiger partial charge in [0.1, 0.15) is 0 Å². The summed E-state index contributed by atoms with van der Waals surface area (Å²) in [4.78, 5) is 0.809. The molecule has 1 saturated carbocycles. The average Bonchev–Trinajstić information content (AvgIpc) is 2.79. The van der Waals surface area contributed by atoms with Crippen LogP contribution in [0, 0.1) is 0 Å². The maximum absolute atomic E-state index is 12.4. The molecule has 0 radical (unpaired) electrons. The average molecular weight is 268 g/mol. The number of hydrogen-bond donors (Lipinski definition) is 2. The van der Waals surface area contributed by atoms with Gasteiger partial charge in [-0.3, -0.25) is 4.21 Å². The Labute approximate surface area is 110 Å². The van der Waals surface area contributed by atoms with E-state index in [1.165, 1.54) is 19.8 Å². The third-order valence-corrected chi connectivity index (χ3v) is 5.07. The summed E-state index contributed by atoms with van der Waals surface area (Å²) in [5.41, 5.74) is 0.811. The second-order valence-corrected chi connectivity index (χ2v) is 6.98. The van der Waals surface area contributed by atoms with Crippen molar-refractivity contribution in [2.75, 3.05) is 0 Å². The highest BCUT2D eigenvalue weighted by atomic mass is 32.2. The summed E-state index contributed by atoms with van der Waals surface area (Å²) in [5, 5.41) is 19.1. The molecular weight excluding hydrogens is 248 g/mol. The molecule has 0 spiro atoms. The van der Waals surface area contributed by atoms with Gasteiger partial charge in [-0.25, -0.2) is 0 Å². The first-order chi connectivity index (χ1) is 8.46.